The molecular weight excluding hydrogens is 544 g/mol. The van der Waals surface area contributed by atoms with Crippen LogP contribution in [0.1, 0.15) is 157 Å². The molecule has 2 N–H and O–H groups in total. The van der Waals surface area contributed by atoms with Gasteiger partial charge in [0.15, 0.2) is 5.79 Å². The lowest BCUT2D eigenvalue weighted by atomic mass is 9.70. The molecule has 3 atom stereocenters. The summed E-state index contributed by atoms with van der Waals surface area (Å²) in [7, 11) is 0. The van der Waals surface area contributed by atoms with E-state index in [1.807, 2.05) is 13.8 Å². The van der Waals surface area contributed by atoms with Crippen LogP contribution in [0.15, 0.2) is 0 Å². The number of ether oxygens (including phenoxy) is 3. The summed E-state index contributed by atoms with van der Waals surface area (Å²) in [5.74, 6) is -1.23. The van der Waals surface area contributed by atoms with Crippen molar-refractivity contribution in [1.29, 1.82) is 0 Å². The molecule has 1 saturated heterocycles. The largest absolute Gasteiger partial charge is 0.460 e. The maximum absolute atomic E-state index is 13.9. The summed E-state index contributed by atoms with van der Waals surface area (Å²) in [6.07, 6.45) is 18.9. The standard InChI is InChI=1S/C35H62N2O6/c1-6-7-8-9-10-11-16-22-35(23-17-13-18-24-35)32(40)37-27-19-14-12-15-20-28(27)42-29(38)21-25-36-31(39)30-33(2,3)26-41-34(4,5)43-30/h27-28,30H,6-26H2,1-5H3,(H,36,39)(H,37,40). The summed E-state index contributed by atoms with van der Waals surface area (Å²) in [5, 5.41) is 6.28. The van der Waals surface area contributed by atoms with E-state index in [0.29, 0.717) is 6.61 Å². The Labute approximate surface area is 261 Å². The molecule has 8 nitrogen and oxygen atoms in total. The van der Waals surface area contributed by atoms with Crippen molar-refractivity contribution in [2.45, 2.75) is 181 Å². The Bertz CT molecular complexity index is 882. The van der Waals surface area contributed by atoms with Gasteiger partial charge in [0, 0.05) is 17.4 Å². The van der Waals surface area contributed by atoms with Crippen LogP contribution in [0.3, 0.4) is 0 Å². The van der Waals surface area contributed by atoms with E-state index in [-0.39, 0.29) is 48.3 Å². The number of esters is 1. The highest BCUT2D eigenvalue weighted by molar-refractivity contribution is 5.83. The maximum Gasteiger partial charge on any atom is 0.307 e. The zero-order chi connectivity index (χ0) is 31.3. The Morgan fingerprint density at radius 2 is 1.49 bits per heavy atom. The van der Waals surface area contributed by atoms with Crippen LogP contribution in [-0.2, 0) is 28.6 Å². The van der Waals surface area contributed by atoms with E-state index in [2.05, 4.69) is 17.6 Å². The first-order chi connectivity index (χ1) is 20.5. The van der Waals surface area contributed by atoms with E-state index in [9.17, 15) is 14.4 Å². The van der Waals surface area contributed by atoms with E-state index in [1.165, 1.54) is 44.9 Å². The molecule has 3 rings (SSSR count). The van der Waals surface area contributed by atoms with E-state index in [4.69, 9.17) is 14.2 Å². The summed E-state index contributed by atoms with van der Waals surface area (Å²) in [5.41, 5.74) is -0.752. The van der Waals surface area contributed by atoms with Crippen LogP contribution in [0.2, 0.25) is 0 Å². The molecule has 8 heteroatoms. The van der Waals surface area contributed by atoms with Crippen molar-refractivity contribution in [2.75, 3.05) is 13.2 Å². The number of amides is 2. The molecule has 2 saturated carbocycles. The van der Waals surface area contributed by atoms with E-state index >= 15 is 0 Å². The van der Waals surface area contributed by atoms with Crippen LogP contribution < -0.4 is 10.6 Å². The van der Waals surface area contributed by atoms with Crippen LogP contribution in [0, 0.1) is 10.8 Å². The van der Waals surface area contributed by atoms with Crippen LogP contribution in [0.4, 0.5) is 0 Å². The fourth-order valence-electron chi connectivity index (χ4n) is 7.07. The molecule has 0 aromatic carbocycles. The third-order valence-electron chi connectivity index (χ3n) is 9.87. The Balaban J connectivity index is 1.51. The van der Waals surface area contributed by atoms with E-state index in [0.717, 1.165) is 70.6 Å². The van der Waals surface area contributed by atoms with Gasteiger partial charge in [-0.3, -0.25) is 14.4 Å². The third-order valence-corrected chi connectivity index (χ3v) is 9.87. The van der Waals surface area contributed by atoms with Crippen molar-refractivity contribution in [1.82, 2.24) is 10.6 Å². The number of unbranched alkanes of at least 4 members (excludes halogenated alkanes) is 6. The molecule has 1 heterocycles. The minimum atomic E-state index is -0.833. The lowest BCUT2D eigenvalue weighted by molar-refractivity contribution is -0.304. The van der Waals surface area contributed by atoms with Gasteiger partial charge in [-0.1, -0.05) is 97.8 Å². The van der Waals surface area contributed by atoms with Gasteiger partial charge in [-0.05, 0) is 52.4 Å². The molecule has 3 unspecified atom stereocenters. The number of carbonyl (C=O) groups is 3. The lowest BCUT2D eigenvalue weighted by Crippen LogP contribution is -2.56. The zero-order valence-electron chi connectivity index (χ0n) is 28.0. The van der Waals surface area contributed by atoms with Crippen molar-refractivity contribution in [3.05, 3.63) is 0 Å². The second kappa shape index (κ2) is 17.1. The molecule has 0 radical (unpaired) electrons. The number of rotatable bonds is 15. The second-order valence-electron chi connectivity index (χ2n) is 14.7. The van der Waals surface area contributed by atoms with Gasteiger partial charge < -0.3 is 24.8 Å². The molecule has 0 aromatic rings. The van der Waals surface area contributed by atoms with E-state index < -0.39 is 17.3 Å². The highest BCUT2D eigenvalue weighted by Gasteiger charge is 2.46. The Kier molecular flexibility index (Phi) is 14.3. The van der Waals surface area contributed by atoms with Gasteiger partial charge in [0.1, 0.15) is 12.2 Å². The number of hydrogen-bond acceptors (Lipinski definition) is 6. The minimum absolute atomic E-state index is 0.0815. The van der Waals surface area contributed by atoms with Gasteiger partial charge in [-0.15, -0.1) is 0 Å². The minimum Gasteiger partial charge on any atom is -0.460 e. The smallest absolute Gasteiger partial charge is 0.307 e. The predicted molar refractivity (Wildman–Crippen MR) is 169 cm³/mol. The summed E-state index contributed by atoms with van der Waals surface area (Å²) in [6, 6.07) is -0.153. The highest BCUT2D eigenvalue weighted by Crippen LogP contribution is 2.41. The Hall–Kier alpha value is -1.67. The van der Waals surface area contributed by atoms with Gasteiger partial charge in [0.25, 0.3) is 0 Å². The molecule has 0 bridgehead atoms. The molecule has 2 amide bonds. The molecular formula is C35H62N2O6. The summed E-state index contributed by atoms with van der Waals surface area (Å²) in [6.45, 7) is 10.3. The van der Waals surface area contributed by atoms with Crippen LogP contribution in [0.25, 0.3) is 0 Å². The van der Waals surface area contributed by atoms with Crippen molar-refractivity contribution in [2.24, 2.45) is 10.8 Å². The molecule has 3 aliphatic rings. The van der Waals surface area contributed by atoms with Gasteiger partial charge in [0.05, 0.1) is 19.1 Å². The predicted octanol–water partition coefficient (Wildman–Crippen LogP) is 7.12. The first-order valence-corrected chi connectivity index (χ1v) is 17.6. The Morgan fingerprint density at radius 1 is 0.837 bits per heavy atom. The molecule has 0 aromatic heterocycles. The van der Waals surface area contributed by atoms with E-state index in [1.54, 1.807) is 13.8 Å². The lowest BCUT2D eigenvalue weighted by Gasteiger charge is -2.44. The van der Waals surface area contributed by atoms with Crippen LogP contribution >= 0.6 is 0 Å². The summed E-state index contributed by atoms with van der Waals surface area (Å²) in [4.78, 5) is 39.8. The van der Waals surface area contributed by atoms with Crippen molar-refractivity contribution >= 4 is 17.8 Å². The average Bonchev–Trinajstić information content (AvgIpc) is 3.19. The molecule has 2 aliphatic carbocycles. The zero-order valence-corrected chi connectivity index (χ0v) is 28.0. The van der Waals surface area contributed by atoms with Crippen molar-refractivity contribution in [3.63, 3.8) is 0 Å². The molecule has 248 valence electrons. The first-order valence-electron chi connectivity index (χ1n) is 17.6. The third kappa shape index (κ3) is 11.3. The fraction of sp³-hybridized carbons (Fsp3) is 0.914. The molecule has 43 heavy (non-hydrogen) atoms. The van der Waals surface area contributed by atoms with Crippen LogP contribution in [0.5, 0.6) is 0 Å². The SMILES string of the molecule is CCCCCCCCCC1(C(=O)NC2CCCCCC2OC(=O)CCNC(=O)C2OC(C)(C)OCC2(C)C)CCCCC1. The highest BCUT2D eigenvalue weighted by atomic mass is 16.7. The average molecular weight is 607 g/mol. The van der Waals surface area contributed by atoms with Gasteiger partial charge in [0.2, 0.25) is 11.8 Å². The molecule has 1 aliphatic heterocycles. The Morgan fingerprint density at radius 3 is 2.21 bits per heavy atom. The van der Waals surface area contributed by atoms with Gasteiger partial charge in [-0.2, -0.15) is 0 Å². The maximum atomic E-state index is 13.9. The summed E-state index contributed by atoms with van der Waals surface area (Å²) < 4.78 is 17.6. The van der Waals surface area contributed by atoms with Gasteiger partial charge >= 0.3 is 5.97 Å². The van der Waals surface area contributed by atoms with Crippen LogP contribution in [-0.4, -0.2) is 55.0 Å². The number of nitrogens with one attached hydrogen (secondary N) is 2. The summed E-state index contributed by atoms with van der Waals surface area (Å²) >= 11 is 0. The number of carbonyl (C=O) groups excluding carboxylic acids is 3. The normalized spacial score (nSPS) is 26.6. The van der Waals surface area contributed by atoms with Gasteiger partial charge in [-0.25, -0.2) is 0 Å². The molecule has 0 spiro atoms. The quantitative estimate of drug-likeness (QED) is 0.117. The fourth-order valence-corrected chi connectivity index (χ4v) is 7.07. The van der Waals surface area contributed by atoms with Crippen molar-refractivity contribution in [3.8, 4) is 0 Å². The molecule has 3 fully saturated rings. The number of hydrogen-bond donors (Lipinski definition) is 2. The monoisotopic (exact) mass is 606 g/mol. The topological polar surface area (TPSA) is 103 Å². The first kappa shape index (κ1) is 35.8. The second-order valence-corrected chi connectivity index (χ2v) is 14.7. The van der Waals surface area contributed by atoms with Crippen molar-refractivity contribution < 1.29 is 28.6 Å².